The summed E-state index contributed by atoms with van der Waals surface area (Å²) in [6.45, 7) is 1.36. The van der Waals surface area contributed by atoms with Crippen molar-refractivity contribution >= 4 is 28.6 Å². The molecule has 1 heterocycles. The lowest BCUT2D eigenvalue weighted by molar-refractivity contribution is -0.139. The summed E-state index contributed by atoms with van der Waals surface area (Å²) in [5, 5.41) is 13.9. The number of carboxylic acids is 1. The Morgan fingerprint density at radius 2 is 1.82 bits per heavy atom. The number of aromatic nitrogens is 2. The van der Waals surface area contributed by atoms with E-state index in [-0.39, 0.29) is 0 Å². The van der Waals surface area contributed by atoms with Gasteiger partial charge in [-0.05, 0) is 73.2 Å². The zero-order valence-electron chi connectivity index (χ0n) is 17.8. The summed E-state index contributed by atoms with van der Waals surface area (Å²) in [4.78, 5) is 11.6. The lowest BCUT2D eigenvalue weighted by Gasteiger charge is -2.09. The molecule has 176 valence electrons. The lowest BCUT2D eigenvalue weighted by Crippen LogP contribution is -2.09. The van der Waals surface area contributed by atoms with E-state index in [0.29, 0.717) is 33.8 Å². The number of thioether (sulfide) groups is 1. The molecule has 3 aromatic carbocycles. The average molecular weight is 490 g/mol. The van der Waals surface area contributed by atoms with Gasteiger partial charge in [0.25, 0.3) is 0 Å². The molecule has 1 aromatic heterocycles. The van der Waals surface area contributed by atoms with Crippen LogP contribution in [0.3, 0.4) is 0 Å². The molecule has 0 aliphatic heterocycles. The highest BCUT2D eigenvalue weighted by Gasteiger charge is 2.30. The van der Waals surface area contributed by atoms with Gasteiger partial charge in [-0.3, -0.25) is 0 Å². The lowest BCUT2D eigenvalue weighted by atomic mass is 10.2. The van der Waals surface area contributed by atoms with Crippen LogP contribution in [0.1, 0.15) is 16.8 Å². The molecular formula is C24H18F4N2O3S. The van der Waals surface area contributed by atoms with Crippen molar-refractivity contribution in [3.8, 4) is 11.4 Å². The van der Waals surface area contributed by atoms with Crippen LogP contribution in [0.15, 0.2) is 65.6 Å². The summed E-state index contributed by atoms with van der Waals surface area (Å²) in [6, 6.07) is 14.1. The van der Waals surface area contributed by atoms with Crippen LogP contribution in [0.2, 0.25) is 0 Å². The normalized spacial score (nSPS) is 11.7. The van der Waals surface area contributed by atoms with Gasteiger partial charge in [0.2, 0.25) is 0 Å². The maximum Gasteiger partial charge on any atom is 0.416 e. The molecule has 1 N–H and O–H groups in total. The minimum atomic E-state index is -4.44. The summed E-state index contributed by atoms with van der Waals surface area (Å²) in [5.41, 5.74) is 1.57. The van der Waals surface area contributed by atoms with Crippen LogP contribution in [0.25, 0.3) is 16.6 Å². The highest BCUT2D eigenvalue weighted by atomic mass is 32.2. The highest BCUT2D eigenvalue weighted by Crippen LogP contribution is 2.33. The molecule has 0 bridgehead atoms. The van der Waals surface area contributed by atoms with Crippen LogP contribution < -0.4 is 4.74 Å². The zero-order chi connectivity index (χ0) is 24.5. The SMILES string of the molecule is Cc1cc(SCc2nn(-c3ccc(C(F)(F)F)cc3)c3ccc(F)cc23)ccc1OCC(=O)O. The van der Waals surface area contributed by atoms with Gasteiger partial charge in [-0.1, -0.05) is 0 Å². The van der Waals surface area contributed by atoms with E-state index in [9.17, 15) is 22.4 Å². The maximum atomic E-state index is 14.0. The van der Waals surface area contributed by atoms with Crippen LogP contribution >= 0.6 is 11.8 Å². The summed E-state index contributed by atoms with van der Waals surface area (Å²) < 4.78 is 59.5. The molecule has 0 unspecified atom stereocenters. The molecule has 4 rings (SSSR count). The molecule has 10 heteroatoms. The number of hydrogen-bond donors (Lipinski definition) is 1. The molecule has 0 aliphatic carbocycles. The fourth-order valence-electron chi connectivity index (χ4n) is 3.41. The monoisotopic (exact) mass is 490 g/mol. The largest absolute Gasteiger partial charge is 0.482 e. The quantitative estimate of drug-likeness (QED) is 0.245. The Balaban J connectivity index is 1.60. The number of hydrogen-bond acceptors (Lipinski definition) is 4. The van der Waals surface area contributed by atoms with Crippen LogP contribution in [0.4, 0.5) is 17.6 Å². The van der Waals surface area contributed by atoms with Gasteiger partial charge in [0, 0.05) is 16.0 Å². The Kier molecular flexibility index (Phi) is 6.52. The molecule has 5 nitrogen and oxygen atoms in total. The van der Waals surface area contributed by atoms with E-state index in [1.165, 1.54) is 40.7 Å². The summed E-state index contributed by atoms with van der Waals surface area (Å²) >= 11 is 1.44. The number of rotatable bonds is 7. The zero-order valence-corrected chi connectivity index (χ0v) is 18.6. The van der Waals surface area contributed by atoms with Gasteiger partial charge in [0.15, 0.2) is 6.61 Å². The average Bonchev–Trinajstić information content (AvgIpc) is 3.14. The van der Waals surface area contributed by atoms with Crippen molar-refractivity contribution in [2.45, 2.75) is 23.7 Å². The number of halogens is 4. The predicted molar refractivity (Wildman–Crippen MR) is 120 cm³/mol. The number of ether oxygens (including phenoxy) is 1. The number of aryl methyl sites for hydroxylation is 1. The number of nitrogens with zero attached hydrogens (tertiary/aromatic N) is 2. The first-order valence-corrected chi connectivity index (χ1v) is 11.0. The molecule has 0 spiro atoms. The highest BCUT2D eigenvalue weighted by molar-refractivity contribution is 7.98. The Hall–Kier alpha value is -3.53. The molecule has 0 saturated carbocycles. The van der Waals surface area contributed by atoms with Gasteiger partial charge >= 0.3 is 12.1 Å². The van der Waals surface area contributed by atoms with Crippen LogP contribution in [-0.4, -0.2) is 27.5 Å². The third-order valence-electron chi connectivity index (χ3n) is 5.03. The Morgan fingerprint density at radius 1 is 1.09 bits per heavy atom. The van der Waals surface area contributed by atoms with Gasteiger partial charge < -0.3 is 9.84 Å². The Labute approximate surface area is 196 Å². The van der Waals surface area contributed by atoms with Crippen molar-refractivity contribution < 1.29 is 32.2 Å². The number of alkyl halides is 3. The minimum absolute atomic E-state index is 0.377. The molecule has 34 heavy (non-hydrogen) atoms. The summed E-state index contributed by atoms with van der Waals surface area (Å²) in [5.74, 6) is -0.671. The van der Waals surface area contributed by atoms with E-state index in [1.54, 1.807) is 25.1 Å². The number of aliphatic carboxylic acids is 1. The predicted octanol–water partition coefficient (Wildman–Crippen LogP) is 6.25. The minimum Gasteiger partial charge on any atom is -0.482 e. The first kappa shape index (κ1) is 23.6. The molecule has 0 radical (unpaired) electrons. The van der Waals surface area contributed by atoms with Gasteiger partial charge in [-0.25, -0.2) is 13.9 Å². The molecule has 0 amide bonds. The summed E-state index contributed by atoms with van der Waals surface area (Å²) in [6.07, 6.45) is -4.44. The third kappa shape index (κ3) is 5.17. The second kappa shape index (κ2) is 9.38. The van der Waals surface area contributed by atoms with E-state index in [2.05, 4.69) is 5.10 Å². The first-order valence-electron chi connectivity index (χ1n) is 10.0. The maximum absolute atomic E-state index is 14.0. The molecule has 0 atom stereocenters. The molecule has 0 fully saturated rings. The molecule has 0 saturated heterocycles. The smallest absolute Gasteiger partial charge is 0.416 e. The van der Waals surface area contributed by atoms with Crippen molar-refractivity contribution in [3.05, 3.63) is 83.3 Å². The number of benzene rings is 3. The van der Waals surface area contributed by atoms with Crippen molar-refractivity contribution in [1.29, 1.82) is 0 Å². The van der Waals surface area contributed by atoms with Crippen molar-refractivity contribution in [1.82, 2.24) is 9.78 Å². The van der Waals surface area contributed by atoms with E-state index < -0.39 is 30.1 Å². The second-order valence-electron chi connectivity index (χ2n) is 7.46. The van der Waals surface area contributed by atoms with E-state index in [4.69, 9.17) is 9.84 Å². The van der Waals surface area contributed by atoms with Crippen LogP contribution in [0.5, 0.6) is 5.75 Å². The number of fused-ring (bicyclic) bond motifs is 1. The van der Waals surface area contributed by atoms with Gasteiger partial charge in [0.1, 0.15) is 11.6 Å². The van der Waals surface area contributed by atoms with Crippen molar-refractivity contribution in [2.75, 3.05) is 6.61 Å². The topological polar surface area (TPSA) is 64.4 Å². The van der Waals surface area contributed by atoms with Crippen LogP contribution in [0, 0.1) is 12.7 Å². The third-order valence-corrected chi connectivity index (χ3v) is 6.04. The second-order valence-corrected chi connectivity index (χ2v) is 8.51. The Bertz CT molecular complexity index is 1350. The van der Waals surface area contributed by atoms with E-state index >= 15 is 0 Å². The molecular weight excluding hydrogens is 472 g/mol. The summed E-state index contributed by atoms with van der Waals surface area (Å²) in [7, 11) is 0. The van der Waals surface area contributed by atoms with E-state index in [0.717, 1.165) is 22.6 Å². The standard InChI is InChI=1S/C24H18F4N2O3S/c1-14-10-18(7-9-22(14)33-12-23(31)32)34-13-20-19-11-16(25)4-8-21(19)30(29-20)17-5-2-15(3-6-17)24(26,27)28/h2-11H,12-13H2,1H3,(H,31,32). The fourth-order valence-corrected chi connectivity index (χ4v) is 4.35. The molecule has 0 aliphatic rings. The fraction of sp³-hybridized carbons (Fsp3) is 0.167. The number of carbonyl (C=O) groups is 1. The number of carboxylic acid groups (broad SMARTS) is 1. The van der Waals surface area contributed by atoms with Gasteiger partial charge in [-0.2, -0.15) is 18.3 Å². The van der Waals surface area contributed by atoms with Crippen molar-refractivity contribution in [2.24, 2.45) is 0 Å². The van der Waals surface area contributed by atoms with Crippen LogP contribution in [-0.2, 0) is 16.7 Å². The molecule has 4 aromatic rings. The first-order chi connectivity index (χ1) is 16.1. The van der Waals surface area contributed by atoms with E-state index in [1.807, 2.05) is 6.07 Å². The Morgan fingerprint density at radius 3 is 2.47 bits per heavy atom. The van der Waals surface area contributed by atoms with Gasteiger partial charge in [-0.15, -0.1) is 11.8 Å². The van der Waals surface area contributed by atoms with Crippen molar-refractivity contribution in [3.63, 3.8) is 0 Å². The van der Waals surface area contributed by atoms with Gasteiger partial charge in [0.05, 0.1) is 22.5 Å².